The van der Waals surface area contributed by atoms with Crippen LogP contribution < -0.4 is 5.32 Å². The van der Waals surface area contributed by atoms with Crippen LogP contribution in [0.15, 0.2) is 78.9 Å². The highest BCUT2D eigenvalue weighted by Gasteiger charge is 2.49. The summed E-state index contributed by atoms with van der Waals surface area (Å²) < 4.78 is 0. The summed E-state index contributed by atoms with van der Waals surface area (Å²) in [7, 11) is 0. The van der Waals surface area contributed by atoms with E-state index in [0.29, 0.717) is 6.54 Å². The summed E-state index contributed by atoms with van der Waals surface area (Å²) in [6.45, 7) is 4.63. The van der Waals surface area contributed by atoms with Gasteiger partial charge in [-0.2, -0.15) is 0 Å². The highest BCUT2D eigenvalue weighted by atomic mass is 16.3. The summed E-state index contributed by atoms with van der Waals surface area (Å²) in [6.07, 6.45) is 2.00. The van der Waals surface area contributed by atoms with Gasteiger partial charge >= 0.3 is 6.03 Å². The smallest absolute Gasteiger partial charge is 0.321 e. The number of anilines is 1. The van der Waals surface area contributed by atoms with Crippen molar-refractivity contribution < 1.29 is 9.90 Å². The molecule has 2 aliphatic rings. The Morgan fingerprint density at radius 3 is 2.24 bits per heavy atom. The van der Waals surface area contributed by atoms with E-state index in [9.17, 15) is 9.90 Å². The van der Waals surface area contributed by atoms with Gasteiger partial charge in [-0.1, -0.05) is 72.3 Å². The van der Waals surface area contributed by atoms with Gasteiger partial charge in [0.2, 0.25) is 0 Å². The lowest BCUT2D eigenvalue weighted by molar-refractivity contribution is -0.0585. The van der Waals surface area contributed by atoms with Crippen molar-refractivity contribution in [2.45, 2.75) is 37.8 Å². The molecule has 2 heterocycles. The van der Waals surface area contributed by atoms with Crippen LogP contribution in [0.25, 0.3) is 11.1 Å². The third-order valence-electron chi connectivity index (χ3n) is 7.36. The van der Waals surface area contributed by atoms with Crippen LogP contribution >= 0.6 is 0 Å². The molecule has 2 fully saturated rings. The lowest BCUT2D eigenvalue weighted by Gasteiger charge is -2.57. The van der Waals surface area contributed by atoms with E-state index in [1.54, 1.807) is 0 Å². The quantitative estimate of drug-likeness (QED) is 0.574. The molecule has 2 saturated heterocycles. The average molecular weight is 456 g/mol. The average Bonchev–Trinajstić information content (AvgIpc) is 2.84. The Bertz CT molecular complexity index is 1100. The Morgan fingerprint density at radius 1 is 0.912 bits per heavy atom. The van der Waals surface area contributed by atoms with E-state index in [4.69, 9.17) is 0 Å². The van der Waals surface area contributed by atoms with Gasteiger partial charge in [-0.25, -0.2) is 4.79 Å². The highest BCUT2D eigenvalue weighted by molar-refractivity contribution is 5.89. The molecule has 2 amide bonds. The predicted octanol–water partition coefficient (Wildman–Crippen LogP) is 5.12. The number of urea groups is 1. The van der Waals surface area contributed by atoms with E-state index in [1.165, 1.54) is 22.3 Å². The summed E-state index contributed by atoms with van der Waals surface area (Å²) in [5.74, 6) is 0.210. The molecule has 3 aromatic carbocycles. The maximum Gasteiger partial charge on any atom is 0.321 e. The first-order chi connectivity index (χ1) is 16.6. The summed E-state index contributed by atoms with van der Waals surface area (Å²) in [6, 6.07) is 27.3. The highest BCUT2D eigenvalue weighted by Crippen LogP contribution is 2.42. The first kappa shape index (κ1) is 22.6. The summed E-state index contributed by atoms with van der Waals surface area (Å²) in [4.78, 5) is 17.4. The van der Waals surface area contributed by atoms with Crippen molar-refractivity contribution in [3.05, 3.63) is 90.0 Å². The minimum Gasteiger partial charge on any atom is -0.395 e. The minimum absolute atomic E-state index is 0.0473. The van der Waals surface area contributed by atoms with Crippen molar-refractivity contribution in [1.82, 2.24) is 9.80 Å². The number of hydrogen-bond acceptors (Lipinski definition) is 3. The molecule has 5 heteroatoms. The monoisotopic (exact) mass is 455 g/mol. The fraction of sp³-hybridized carbons (Fsp3) is 0.345. The molecule has 5 nitrogen and oxygen atoms in total. The number of fused-ring (bicyclic) bond motifs is 1. The molecule has 34 heavy (non-hydrogen) atoms. The van der Waals surface area contributed by atoms with E-state index >= 15 is 0 Å². The Kier molecular flexibility index (Phi) is 6.66. The maximum absolute atomic E-state index is 13.1. The number of para-hydroxylation sites is 1. The van der Waals surface area contributed by atoms with Crippen LogP contribution in [0.1, 0.15) is 29.9 Å². The van der Waals surface area contributed by atoms with Crippen molar-refractivity contribution in [3.63, 3.8) is 0 Å². The number of rotatable bonds is 4. The second-order valence-electron chi connectivity index (χ2n) is 9.52. The number of aryl methyl sites for hydroxylation is 1. The minimum atomic E-state index is -0.0473. The Morgan fingerprint density at radius 2 is 1.56 bits per heavy atom. The van der Waals surface area contributed by atoms with Gasteiger partial charge in [0.25, 0.3) is 0 Å². The molecule has 0 aromatic heterocycles. The largest absolute Gasteiger partial charge is 0.395 e. The second-order valence-corrected chi connectivity index (χ2v) is 9.52. The first-order valence-corrected chi connectivity index (χ1v) is 12.3. The van der Waals surface area contributed by atoms with Gasteiger partial charge in [0.05, 0.1) is 6.61 Å². The summed E-state index contributed by atoms with van der Waals surface area (Å²) in [5, 5.41) is 13.3. The molecule has 0 aliphatic carbocycles. The number of nitrogens with one attached hydrogen (secondary N) is 1. The van der Waals surface area contributed by atoms with Crippen LogP contribution in [0.5, 0.6) is 0 Å². The van der Waals surface area contributed by atoms with Gasteiger partial charge in [-0.05, 0) is 55.1 Å². The number of hydrogen-bond donors (Lipinski definition) is 2. The second kappa shape index (κ2) is 10.00. The van der Waals surface area contributed by atoms with E-state index < -0.39 is 0 Å². The fourth-order valence-corrected chi connectivity index (χ4v) is 5.49. The van der Waals surface area contributed by atoms with E-state index in [2.05, 4.69) is 65.7 Å². The molecular weight excluding hydrogens is 422 g/mol. The van der Waals surface area contributed by atoms with Crippen LogP contribution in [0.3, 0.4) is 0 Å². The van der Waals surface area contributed by atoms with Crippen LogP contribution in [-0.4, -0.2) is 59.3 Å². The SMILES string of the molecule is Cc1ccc(-c2ccc([C@H]3[C@@H](CO)N4CCCCN(C(=O)Nc5ccccc5)C[C@@H]34)cc2)cc1. The van der Waals surface area contributed by atoms with Gasteiger partial charge in [-0.15, -0.1) is 0 Å². The molecule has 2 aliphatic heterocycles. The summed E-state index contributed by atoms with van der Waals surface area (Å²) >= 11 is 0. The number of amides is 2. The molecule has 0 bridgehead atoms. The van der Waals surface area contributed by atoms with Gasteiger partial charge in [0.1, 0.15) is 0 Å². The van der Waals surface area contributed by atoms with Crippen molar-refractivity contribution in [1.29, 1.82) is 0 Å². The Hall–Kier alpha value is -3.15. The number of aliphatic hydroxyl groups excluding tert-OH is 1. The van der Waals surface area contributed by atoms with Gasteiger partial charge in [0, 0.05) is 36.8 Å². The third-order valence-corrected chi connectivity index (χ3v) is 7.36. The van der Waals surface area contributed by atoms with E-state index in [-0.39, 0.29) is 30.6 Å². The number of nitrogens with zero attached hydrogens (tertiary/aromatic N) is 2. The Balaban J connectivity index is 1.34. The number of aliphatic hydroxyl groups is 1. The molecule has 0 spiro atoms. The molecule has 5 rings (SSSR count). The molecule has 0 radical (unpaired) electrons. The van der Waals surface area contributed by atoms with Crippen molar-refractivity contribution >= 4 is 11.7 Å². The standard InChI is InChI=1S/C29H33N3O2/c1-21-9-11-22(12-10-21)23-13-15-24(16-14-23)28-26-19-31(17-5-6-18-32(26)27(28)20-33)29(34)30-25-7-3-2-4-8-25/h2-4,7-16,26-28,33H,5-6,17-20H2,1H3,(H,30,34)/t26-,27+,28+/m0/s1. The number of carbonyl (C=O) groups excluding carboxylic acids is 1. The van der Waals surface area contributed by atoms with Crippen LogP contribution in [0.2, 0.25) is 0 Å². The van der Waals surface area contributed by atoms with Crippen molar-refractivity contribution in [3.8, 4) is 11.1 Å². The van der Waals surface area contributed by atoms with Crippen molar-refractivity contribution in [2.24, 2.45) is 0 Å². The molecule has 3 aromatic rings. The van der Waals surface area contributed by atoms with Crippen molar-refractivity contribution in [2.75, 3.05) is 31.6 Å². The van der Waals surface area contributed by atoms with E-state index in [0.717, 1.165) is 31.6 Å². The van der Waals surface area contributed by atoms with Crippen LogP contribution in [-0.2, 0) is 0 Å². The number of benzene rings is 3. The molecule has 3 atom stereocenters. The van der Waals surface area contributed by atoms with Crippen LogP contribution in [0.4, 0.5) is 10.5 Å². The topological polar surface area (TPSA) is 55.8 Å². The van der Waals surface area contributed by atoms with Crippen LogP contribution in [0, 0.1) is 6.92 Å². The zero-order valence-corrected chi connectivity index (χ0v) is 19.7. The normalized spacial score (nSPS) is 22.8. The molecule has 176 valence electrons. The fourth-order valence-electron chi connectivity index (χ4n) is 5.49. The predicted molar refractivity (Wildman–Crippen MR) is 137 cm³/mol. The Labute approximate surface area is 202 Å². The molecule has 2 N–H and O–H groups in total. The third kappa shape index (κ3) is 4.59. The van der Waals surface area contributed by atoms with E-state index in [1.807, 2.05) is 35.2 Å². The molecule has 0 unspecified atom stereocenters. The lowest BCUT2D eigenvalue weighted by Crippen LogP contribution is -2.68. The molecular formula is C29H33N3O2. The molecule has 0 saturated carbocycles. The number of carbonyl (C=O) groups is 1. The zero-order chi connectivity index (χ0) is 23.5. The van der Waals surface area contributed by atoms with Gasteiger partial charge < -0.3 is 15.3 Å². The van der Waals surface area contributed by atoms with Gasteiger partial charge in [-0.3, -0.25) is 4.90 Å². The first-order valence-electron chi connectivity index (χ1n) is 12.3. The summed E-state index contributed by atoms with van der Waals surface area (Å²) in [5.41, 5.74) is 5.71. The zero-order valence-electron chi connectivity index (χ0n) is 19.7. The van der Waals surface area contributed by atoms with Gasteiger partial charge in [0.15, 0.2) is 0 Å². The lowest BCUT2D eigenvalue weighted by atomic mass is 9.74. The maximum atomic E-state index is 13.1.